The molecule has 0 atom stereocenters. The number of hydrogen-bond acceptors (Lipinski definition) is 4. The quantitative estimate of drug-likeness (QED) is 0.436. The van der Waals surface area contributed by atoms with E-state index in [4.69, 9.17) is 4.74 Å². The maximum Gasteiger partial charge on any atom is 0.265 e. The first-order valence-electron chi connectivity index (χ1n) is 9.72. The molecule has 0 aliphatic carbocycles. The summed E-state index contributed by atoms with van der Waals surface area (Å²) in [5.74, 6) is 0.762. The highest BCUT2D eigenvalue weighted by atomic mass is 32.1. The zero-order valence-corrected chi connectivity index (χ0v) is 17.8. The minimum absolute atomic E-state index is 0.141. The first-order valence-corrected chi connectivity index (χ1v) is 10.6. The van der Waals surface area contributed by atoms with Gasteiger partial charge in [-0.15, -0.1) is 11.3 Å². The molecule has 2 heterocycles. The molecule has 2 aromatic carbocycles. The first kappa shape index (κ1) is 19.9. The van der Waals surface area contributed by atoms with Gasteiger partial charge in [0.05, 0.1) is 23.3 Å². The fourth-order valence-electron chi connectivity index (χ4n) is 3.23. The van der Waals surface area contributed by atoms with E-state index >= 15 is 0 Å². The van der Waals surface area contributed by atoms with E-state index in [0.717, 1.165) is 28.0 Å². The van der Waals surface area contributed by atoms with E-state index in [2.05, 4.69) is 10.4 Å². The van der Waals surface area contributed by atoms with Gasteiger partial charge in [0.15, 0.2) is 0 Å². The molecule has 0 aliphatic heterocycles. The molecular formula is C24H23N3O2S. The summed E-state index contributed by atoms with van der Waals surface area (Å²) >= 11 is 1.41. The number of aromatic nitrogens is 2. The predicted octanol–water partition coefficient (Wildman–Crippen LogP) is 5.44. The summed E-state index contributed by atoms with van der Waals surface area (Å²) in [6, 6.07) is 18.1. The average molecular weight is 418 g/mol. The number of rotatable bonds is 7. The van der Waals surface area contributed by atoms with E-state index in [-0.39, 0.29) is 5.91 Å². The van der Waals surface area contributed by atoms with Gasteiger partial charge in [0.2, 0.25) is 0 Å². The van der Waals surface area contributed by atoms with Crippen LogP contribution in [0.4, 0.5) is 5.69 Å². The van der Waals surface area contributed by atoms with Gasteiger partial charge in [-0.05, 0) is 42.0 Å². The van der Waals surface area contributed by atoms with Crippen molar-refractivity contribution in [1.29, 1.82) is 0 Å². The fourth-order valence-corrected chi connectivity index (χ4v) is 4.02. The van der Waals surface area contributed by atoms with Crippen LogP contribution in [0.3, 0.4) is 0 Å². The standard InChI is InChI=1S/C24H23N3O2S/c1-17-7-6-8-18(2)23(17)29-15-20-11-22(30-16-20)24(28)26-21-12-25-27(14-21)13-19-9-4-3-5-10-19/h3-12,14,16H,13,15H2,1-2H3,(H,26,28). The second kappa shape index (κ2) is 8.97. The van der Waals surface area contributed by atoms with Crippen LogP contribution in [-0.2, 0) is 13.2 Å². The Bertz CT molecular complexity index is 1130. The molecule has 0 bridgehead atoms. The Balaban J connectivity index is 1.35. The molecule has 4 aromatic rings. The minimum atomic E-state index is -0.141. The predicted molar refractivity (Wildman–Crippen MR) is 120 cm³/mol. The third-order valence-corrected chi connectivity index (χ3v) is 5.73. The van der Waals surface area contributed by atoms with Crippen LogP contribution in [0.1, 0.15) is 31.9 Å². The van der Waals surface area contributed by atoms with Gasteiger partial charge < -0.3 is 10.1 Å². The van der Waals surface area contributed by atoms with E-state index in [1.165, 1.54) is 11.3 Å². The van der Waals surface area contributed by atoms with Crippen LogP contribution in [0.15, 0.2) is 72.4 Å². The Kier molecular flexibility index (Phi) is 5.95. The molecule has 0 saturated heterocycles. The summed E-state index contributed by atoms with van der Waals surface area (Å²) in [6.45, 7) is 5.17. The third kappa shape index (κ3) is 4.78. The minimum Gasteiger partial charge on any atom is -0.488 e. The van der Waals surface area contributed by atoms with Gasteiger partial charge in [0.25, 0.3) is 5.91 Å². The van der Waals surface area contributed by atoms with Crippen LogP contribution in [0, 0.1) is 13.8 Å². The molecule has 0 fully saturated rings. The summed E-state index contributed by atoms with van der Waals surface area (Å²) in [5, 5.41) is 9.20. The number of amides is 1. The van der Waals surface area contributed by atoms with E-state index in [0.29, 0.717) is 23.7 Å². The number of nitrogens with one attached hydrogen (secondary N) is 1. The molecular weight excluding hydrogens is 394 g/mol. The van der Waals surface area contributed by atoms with E-state index in [9.17, 15) is 4.79 Å². The van der Waals surface area contributed by atoms with E-state index in [1.807, 2.05) is 84.7 Å². The summed E-state index contributed by atoms with van der Waals surface area (Å²) in [7, 11) is 0. The number of para-hydroxylation sites is 1. The highest BCUT2D eigenvalue weighted by molar-refractivity contribution is 7.12. The lowest BCUT2D eigenvalue weighted by molar-refractivity contribution is 0.103. The lowest BCUT2D eigenvalue weighted by Gasteiger charge is -2.10. The monoisotopic (exact) mass is 417 g/mol. The molecule has 0 spiro atoms. The van der Waals surface area contributed by atoms with Gasteiger partial charge in [0.1, 0.15) is 12.4 Å². The van der Waals surface area contributed by atoms with E-state index in [1.54, 1.807) is 6.20 Å². The second-order valence-corrected chi connectivity index (χ2v) is 8.11. The molecule has 5 nitrogen and oxygen atoms in total. The molecule has 1 N–H and O–H groups in total. The normalized spacial score (nSPS) is 10.7. The van der Waals surface area contributed by atoms with E-state index < -0.39 is 0 Å². The second-order valence-electron chi connectivity index (χ2n) is 7.20. The number of carbonyl (C=O) groups excluding carboxylic acids is 1. The first-order chi connectivity index (χ1) is 14.6. The lowest BCUT2D eigenvalue weighted by Crippen LogP contribution is -2.09. The summed E-state index contributed by atoms with van der Waals surface area (Å²) < 4.78 is 7.80. The van der Waals surface area contributed by atoms with Gasteiger partial charge in [0, 0.05) is 11.8 Å². The molecule has 4 rings (SSSR count). The number of benzene rings is 2. The number of ether oxygens (including phenoxy) is 1. The maximum absolute atomic E-state index is 12.6. The number of hydrogen-bond donors (Lipinski definition) is 1. The Labute approximate surface area is 179 Å². The van der Waals surface area contributed by atoms with Crippen molar-refractivity contribution in [3.8, 4) is 5.75 Å². The zero-order chi connectivity index (χ0) is 20.9. The molecule has 0 radical (unpaired) electrons. The average Bonchev–Trinajstić information content (AvgIpc) is 3.38. The number of aryl methyl sites for hydroxylation is 2. The smallest absolute Gasteiger partial charge is 0.265 e. The molecule has 6 heteroatoms. The number of carbonyl (C=O) groups is 1. The molecule has 30 heavy (non-hydrogen) atoms. The molecule has 1 amide bonds. The lowest BCUT2D eigenvalue weighted by atomic mass is 10.1. The van der Waals surface area contributed by atoms with Crippen LogP contribution < -0.4 is 10.1 Å². The molecule has 0 saturated carbocycles. The number of anilines is 1. The van der Waals surface area contributed by atoms with Gasteiger partial charge in [-0.25, -0.2) is 0 Å². The topological polar surface area (TPSA) is 56.1 Å². The fraction of sp³-hybridized carbons (Fsp3) is 0.167. The van der Waals surface area contributed by atoms with Crippen molar-refractivity contribution < 1.29 is 9.53 Å². The summed E-state index contributed by atoms with van der Waals surface area (Å²) in [6.07, 6.45) is 3.50. The van der Waals surface area contributed by atoms with Gasteiger partial charge in [-0.3, -0.25) is 9.48 Å². The van der Waals surface area contributed by atoms with Crippen LogP contribution in [-0.4, -0.2) is 15.7 Å². The third-order valence-electron chi connectivity index (χ3n) is 4.75. The summed E-state index contributed by atoms with van der Waals surface area (Å²) in [5.41, 5.74) is 5.03. The van der Waals surface area contributed by atoms with Gasteiger partial charge in [-0.1, -0.05) is 48.5 Å². The Hall–Kier alpha value is -3.38. The molecule has 2 aromatic heterocycles. The van der Waals surface area contributed by atoms with Crippen molar-refractivity contribution in [2.75, 3.05) is 5.32 Å². The van der Waals surface area contributed by atoms with Crippen molar-refractivity contribution in [3.63, 3.8) is 0 Å². The maximum atomic E-state index is 12.6. The van der Waals surface area contributed by atoms with Crippen molar-refractivity contribution in [1.82, 2.24) is 9.78 Å². The molecule has 0 unspecified atom stereocenters. The Morgan fingerprint density at radius 2 is 1.83 bits per heavy atom. The van der Waals surface area contributed by atoms with Crippen LogP contribution in [0.25, 0.3) is 0 Å². The SMILES string of the molecule is Cc1cccc(C)c1OCc1csc(C(=O)Nc2cnn(Cc3ccccc3)c2)c1. The molecule has 0 aliphatic rings. The van der Waals surface area contributed by atoms with Gasteiger partial charge in [-0.2, -0.15) is 5.10 Å². The van der Waals surface area contributed by atoms with Crippen molar-refractivity contribution in [3.05, 3.63) is 99.5 Å². The van der Waals surface area contributed by atoms with Gasteiger partial charge >= 0.3 is 0 Å². The van der Waals surface area contributed by atoms with Crippen LogP contribution in [0.5, 0.6) is 5.75 Å². The number of nitrogens with zero attached hydrogens (tertiary/aromatic N) is 2. The van der Waals surface area contributed by atoms with Crippen molar-refractivity contribution in [2.45, 2.75) is 27.0 Å². The Morgan fingerprint density at radius 1 is 1.07 bits per heavy atom. The highest BCUT2D eigenvalue weighted by Gasteiger charge is 2.12. The van der Waals surface area contributed by atoms with Crippen molar-refractivity contribution >= 4 is 22.9 Å². The zero-order valence-electron chi connectivity index (χ0n) is 17.0. The highest BCUT2D eigenvalue weighted by Crippen LogP contribution is 2.25. The molecule has 152 valence electrons. The van der Waals surface area contributed by atoms with Crippen molar-refractivity contribution in [2.24, 2.45) is 0 Å². The largest absolute Gasteiger partial charge is 0.488 e. The Morgan fingerprint density at radius 3 is 2.60 bits per heavy atom. The number of thiophene rings is 1. The van der Waals surface area contributed by atoms with Crippen LogP contribution >= 0.6 is 11.3 Å². The van der Waals surface area contributed by atoms with Crippen LogP contribution in [0.2, 0.25) is 0 Å². The summed E-state index contributed by atoms with van der Waals surface area (Å²) in [4.78, 5) is 13.2.